The van der Waals surface area contributed by atoms with Crippen LogP contribution >= 0.6 is 12.2 Å². The van der Waals surface area contributed by atoms with Gasteiger partial charge in [-0.3, -0.25) is 14.9 Å². The number of carbonyl (C=O) groups is 2. The van der Waals surface area contributed by atoms with E-state index in [1.807, 2.05) is 6.92 Å². The highest BCUT2D eigenvalue weighted by atomic mass is 32.1. The number of ether oxygens (including phenoxy) is 2. The van der Waals surface area contributed by atoms with E-state index in [4.69, 9.17) is 21.7 Å². The smallest absolute Gasteiger partial charge is 0.264 e. The van der Waals surface area contributed by atoms with Crippen molar-refractivity contribution < 1.29 is 19.1 Å². The molecular weight excluding hydrogens is 390 g/mol. The standard InChI is InChI=1S/C21H25N3O4S/c1-4-5-12-18(25)22-14-8-6-9-15(13-14)23-21(29)24-20(26)19-16(27-2)10-7-11-17(19)28-3/h6-11,13H,4-5,12H2,1-3H3,(H,22,25)(H2,23,24,26,29). The molecule has 0 aromatic heterocycles. The van der Waals surface area contributed by atoms with Gasteiger partial charge in [0.05, 0.1) is 14.2 Å². The van der Waals surface area contributed by atoms with Crippen LogP contribution in [0.5, 0.6) is 11.5 Å². The summed E-state index contributed by atoms with van der Waals surface area (Å²) in [7, 11) is 2.95. The molecule has 0 atom stereocenters. The number of benzene rings is 2. The largest absolute Gasteiger partial charge is 0.496 e. The first-order valence-electron chi connectivity index (χ1n) is 9.21. The maximum Gasteiger partial charge on any atom is 0.264 e. The number of carbonyl (C=O) groups excluding carboxylic acids is 2. The summed E-state index contributed by atoms with van der Waals surface area (Å²) in [5.41, 5.74) is 1.53. The number of anilines is 2. The molecule has 154 valence electrons. The van der Waals surface area contributed by atoms with Crippen LogP contribution in [0.3, 0.4) is 0 Å². The summed E-state index contributed by atoms with van der Waals surface area (Å²) in [6.07, 6.45) is 2.27. The van der Waals surface area contributed by atoms with E-state index in [2.05, 4.69) is 16.0 Å². The Balaban J connectivity index is 2.04. The molecule has 0 aliphatic heterocycles. The molecule has 2 rings (SSSR count). The average molecular weight is 416 g/mol. The molecule has 0 heterocycles. The number of methoxy groups -OCH3 is 2. The third kappa shape index (κ3) is 6.46. The third-order valence-corrected chi connectivity index (χ3v) is 4.25. The summed E-state index contributed by atoms with van der Waals surface area (Å²) in [5.74, 6) is 0.256. The number of rotatable bonds is 8. The molecule has 29 heavy (non-hydrogen) atoms. The summed E-state index contributed by atoms with van der Waals surface area (Å²) in [6, 6.07) is 12.2. The van der Waals surface area contributed by atoms with E-state index in [1.165, 1.54) is 14.2 Å². The number of hydrogen-bond donors (Lipinski definition) is 3. The maximum atomic E-state index is 12.7. The van der Waals surface area contributed by atoms with Gasteiger partial charge in [-0.25, -0.2) is 0 Å². The number of thiocarbonyl (C=S) groups is 1. The van der Waals surface area contributed by atoms with Gasteiger partial charge in [0.25, 0.3) is 5.91 Å². The van der Waals surface area contributed by atoms with Crippen LogP contribution in [-0.4, -0.2) is 31.1 Å². The van der Waals surface area contributed by atoms with E-state index >= 15 is 0 Å². The van der Waals surface area contributed by atoms with Gasteiger partial charge in [0.1, 0.15) is 17.1 Å². The van der Waals surface area contributed by atoms with Crippen molar-refractivity contribution in [3.05, 3.63) is 48.0 Å². The molecule has 0 saturated carbocycles. The minimum Gasteiger partial charge on any atom is -0.496 e. The molecule has 0 saturated heterocycles. The molecule has 7 nitrogen and oxygen atoms in total. The molecule has 0 spiro atoms. The summed E-state index contributed by atoms with van der Waals surface area (Å²) in [6.45, 7) is 2.04. The Morgan fingerprint density at radius 3 is 2.14 bits per heavy atom. The number of amides is 2. The molecule has 3 N–H and O–H groups in total. The minimum absolute atomic E-state index is 0.0388. The number of nitrogens with one attached hydrogen (secondary N) is 3. The number of unbranched alkanes of at least 4 members (excludes halogenated alkanes) is 1. The number of hydrogen-bond acceptors (Lipinski definition) is 5. The minimum atomic E-state index is -0.458. The van der Waals surface area contributed by atoms with Gasteiger partial charge in [0, 0.05) is 17.8 Å². The molecular formula is C21H25N3O4S. The molecule has 0 fully saturated rings. The van der Waals surface area contributed by atoms with E-state index in [0.29, 0.717) is 29.3 Å². The highest BCUT2D eigenvalue weighted by molar-refractivity contribution is 7.80. The van der Waals surface area contributed by atoms with Crippen LogP contribution < -0.4 is 25.4 Å². The Hall–Kier alpha value is -3.13. The van der Waals surface area contributed by atoms with Crippen LogP contribution in [-0.2, 0) is 4.79 Å². The van der Waals surface area contributed by atoms with Crippen LogP contribution in [0.1, 0.15) is 36.5 Å². The highest BCUT2D eigenvalue weighted by Gasteiger charge is 2.19. The Bertz CT molecular complexity index is 864. The van der Waals surface area contributed by atoms with Crippen molar-refractivity contribution in [2.24, 2.45) is 0 Å². The van der Waals surface area contributed by atoms with Gasteiger partial charge in [0.2, 0.25) is 5.91 Å². The van der Waals surface area contributed by atoms with Crippen molar-refractivity contribution in [2.75, 3.05) is 24.9 Å². The first-order valence-corrected chi connectivity index (χ1v) is 9.62. The average Bonchev–Trinajstić information content (AvgIpc) is 2.71. The Morgan fingerprint density at radius 1 is 0.966 bits per heavy atom. The summed E-state index contributed by atoms with van der Waals surface area (Å²) >= 11 is 5.25. The molecule has 2 aromatic rings. The van der Waals surface area contributed by atoms with Crippen LogP contribution in [0, 0.1) is 0 Å². The van der Waals surface area contributed by atoms with Crippen molar-refractivity contribution in [2.45, 2.75) is 26.2 Å². The Labute approximate surface area is 175 Å². The summed E-state index contributed by atoms with van der Waals surface area (Å²) < 4.78 is 10.5. The fraction of sp³-hybridized carbons (Fsp3) is 0.286. The van der Waals surface area contributed by atoms with Crippen molar-refractivity contribution >= 4 is 40.5 Å². The van der Waals surface area contributed by atoms with Crippen LogP contribution in [0.15, 0.2) is 42.5 Å². The topological polar surface area (TPSA) is 88.7 Å². The van der Waals surface area contributed by atoms with E-state index in [1.54, 1.807) is 42.5 Å². The molecule has 0 aliphatic carbocycles. The van der Waals surface area contributed by atoms with Crippen molar-refractivity contribution in [3.63, 3.8) is 0 Å². The van der Waals surface area contributed by atoms with E-state index < -0.39 is 5.91 Å². The predicted octanol–water partition coefficient (Wildman–Crippen LogP) is 3.96. The normalized spacial score (nSPS) is 10.0. The SMILES string of the molecule is CCCCC(=O)Nc1cccc(NC(=S)NC(=O)c2c(OC)cccc2OC)c1. The van der Waals surface area contributed by atoms with Gasteiger partial charge in [-0.1, -0.05) is 25.5 Å². The predicted molar refractivity (Wildman–Crippen MR) is 118 cm³/mol. The van der Waals surface area contributed by atoms with Gasteiger partial charge in [-0.2, -0.15) is 0 Å². The van der Waals surface area contributed by atoms with Gasteiger partial charge in [-0.05, 0) is 49.0 Å². The Morgan fingerprint density at radius 2 is 1.55 bits per heavy atom. The van der Waals surface area contributed by atoms with E-state index in [-0.39, 0.29) is 16.6 Å². The second kappa shape index (κ2) is 11.0. The summed E-state index contributed by atoms with van der Waals surface area (Å²) in [5, 5.41) is 8.51. The first-order chi connectivity index (χ1) is 14.0. The van der Waals surface area contributed by atoms with Crippen LogP contribution in [0.2, 0.25) is 0 Å². The third-order valence-electron chi connectivity index (χ3n) is 4.04. The second-order valence-corrected chi connectivity index (χ2v) is 6.59. The van der Waals surface area contributed by atoms with Gasteiger partial charge in [0.15, 0.2) is 5.11 Å². The molecule has 0 radical (unpaired) electrons. The second-order valence-electron chi connectivity index (χ2n) is 6.18. The van der Waals surface area contributed by atoms with E-state index in [0.717, 1.165) is 12.8 Å². The van der Waals surface area contributed by atoms with Crippen molar-refractivity contribution in [1.82, 2.24) is 5.32 Å². The zero-order valence-corrected chi connectivity index (χ0v) is 17.5. The first kappa shape index (κ1) is 22.2. The Kier molecular flexibility index (Phi) is 8.42. The molecule has 0 unspecified atom stereocenters. The lowest BCUT2D eigenvalue weighted by Gasteiger charge is -2.14. The van der Waals surface area contributed by atoms with Crippen molar-refractivity contribution in [3.8, 4) is 11.5 Å². The molecule has 2 aromatic carbocycles. The zero-order valence-electron chi connectivity index (χ0n) is 16.7. The molecule has 2 amide bonds. The monoisotopic (exact) mass is 415 g/mol. The lowest BCUT2D eigenvalue weighted by Crippen LogP contribution is -2.34. The summed E-state index contributed by atoms with van der Waals surface area (Å²) in [4.78, 5) is 24.6. The fourth-order valence-electron chi connectivity index (χ4n) is 2.64. The van der Waals surface area contributed by atoms with Gasteiger partial charge >= 0.3 is 0 Å². The lowest BCUT2D eigenvalue weighted by atomic mass is 10.1. The maximum absolute atomic E-state index is 12.7. The molecule has 8 heteroatoms. The molecule has 0 bridgehead atoms. The zero-order chi connectivity index (χ0) is 21.2. The quantitative estimate of drug-likeness (QED) is 0.566. The van der Waals surface area contributed by atoms with Crippen LogP contribution in [0.25, 0.3) is 0 Å². The van der Waals surface area contributed by atoms with Gasteiger partial charge in [-0.15, -0.1) is 0 Å². The van der Waals surface area contributed by atoms with Crippen LogP contribution in [0.4, 0.5) is 11.4 Å². The highest BCUT2D eigenvalue weighted by Crippen LogP contribution is 2.28. The fourth-order valence-corrected chi connectivity index (χ4v) is 2.85. The lowest BCUT2D eigenvalue weighted by molar-refractivity contribution is -0.116. The van der Waals surface area contributed by atoms with Gasteiger partial charge < -0.3 is 20.1 Å². The van der Waals surface area contributed by atoms with E-state index in [9.17, 15) is 9.59 Å². The van der Waals surface area contributed by atoms with Crippen molar-refractivity contribution in [1.29, 1.82) is 0 Å². The molecule has 0 aliphatic rings.